The van der Waals surface area contributed by atoms with Crippen LogP contribution in [-0.2, 0) is 4.79 Å². The van der Waals surface area contributed by atoms with Gasteiger partial charge in [-0.1, -0.05) is 18.2 Å². The monoisotopic (exact) mass is 288 g/mol. The summed E-state index contributed by atoms with van der Waals surface area (Å²) in [5.74, 6) is 0.445. The largest absolute Gasteiger partial charge is 0.483 e. The maximum Gasteiger partial charge on any atom is 0.277 e. The number of nitrogens with one attached hydrogen (secondary N) is 1. The van der Waals surface area contributed by atoms with E-state index in [0.717, 1.165) is 21.8 Å². The fourth-order valence-electron chi connectivity index (χ4n) is 1.59. The number of carbonyl (C=O) groups excluding carboxylic acids is 1. The van der Waals surface area contributed by atoms with Crippen molar-refractivity contribution < 1.29 is 9.53 Å². The number of rotatable bonds is 5. The van der Waals surface area contributed by atoms with Crippen LogP contribution in [0, 0.1) is 13.8 Å². The molecular weight excluding hydrogens is 272 g/mol. The SMILES string of the molecule is Cc1cccc(OCC(=O)N/N=C\c2cccs2)c1C. The van der Waals surface area contributed by atoms with E-state index in [1.807, 2.05) is 49.6 Å². The minimum absolute atomic E-state index is 0.0495. The van der Waals surface area contributed by atoms with Crippen LogP contribution in [0.5, 0.6) is 5.75 Å². The summed E-state index contributed by atoms with van der Waals surface area (Å²) in [5, 5.41) is 5.82. The van der Waals surface area contributed by atoms with Gasteiger partial charge in [-0.05, 0) is 42.5 Å². The van der Waals surface area contributed by atoms with Crippen LogP contribution in [0.4, 0.5) is 0 Å². The first-order valence-corrected chi connectivity index (χ1v) is 7.09. The number of hydrogen-bond acceptors (Lipinski definition) is 4. The zero-order valence-corrected chi connectivity index (χ0v) is 12.2. The van der Waals surface area contributed by atoms with Crippen LogP contribution in [0.3, 0.4) is 0 Å². The molecule has 0 fully saturated rings. The van der Waals surface area contributed by atoms with Crippen LogP contribution in [-0.4, -0.2) is 18.7 Å². The molecule has 1 aromatic carbocycles. The van der Waals surface area contributed by atoms with E-state index in [9.17, 15) is 4.79 Å². The molecule has 0 aliphatic heterocycles. The van der Waals surface area contributed by atoms with Gasteiger partial charge in [0.2, 0.25) is 0 Å². The van der Waals surface area contributed by atoms with Crippen molar-refractivity contribution in [1.29, 1.82) is 0 Å². The van der Waals surface area contributed by atoms with Gasteiger partial charge in [0.25, 0.3) is 5.91 Å². The third kappa shape index (κ3) is 3.93. The average molecular weight is 288 g/mol. The number of amides is 1. The molecule has 0 aliphatic rings. The molecule has 0 unspecified atom stereocenters. The van der Waals surface area contributed by atoms with Crippen molar-refractivity contribution in [1.82, 2.24) is 5.43 Å². The van der Waals surface area contributed by atoms with Gasteiger partial charge in [0, 0.05) is 4.88 Å². The molecule has 1 N–H and O–H groups in total. The van der Waals surface area contributed by atoms with Crippen molar-refractivity contribution in [2.45, 2.75) is 13.8 Å². The summed E-state index contributed by atoms with van der Waals surface area (Å²) in [6.45, 7) is 3.93. The Kier molecular flexibility index (Phi) is 4.90. The summed E-state index contributed by atoms with van der Waals surface area (Å²) in [7, 11) is 0. The van der Waals surface area contributed by atoms with Crippen molar-refractivity contribution in [2.24, 2.45) is 5.10 Å². The lowest BCUT2D eigenvalue weighted by molar-refractivity contribution is -0.123. The molecule has 0 aliphatic carbocycles. The fourth-order valence-corrected chi connectivity index (χ4v) is 2.17. The van der Waals surface area contributed by atoms with E-state index < -0.39 is 0 Å². The van der Waals surface area contributed by atoms with Gasteiger partial charge >= 0.3 is 0 Å². The van der Waals surface area contributed by atoms with Gasteiger partial charge in [-0.25, -0.2) is 5.43 Å². The standard InChI is InChI=1S/C15H16N2O2S/c1-11-5-3-7-14(12(11)2)19-10-15(18)17-16-9-13-6-4-8-20-13/h3-9H,10H2,1-2H3,(H,17,18)/b16-9-. The second-order valence-electron chi connectivity index (χ2n) is 4.30. The second kappa shape index (κ2) is 6.86. The number of carbonyl (C=O) groups is 1. The quantitative estimate of drug-likeness (QED) is 0.679. The molecular formula is C15H16N2O2S. The molecule has 5 heteroatoms. The number of aryl methyl sites for hydroxylation is 1. The highest BCUT2D eigenvalue weighted by Crippen LogP contribution is 2.20. The first-order chi connectivity index (χ1) is 9.66. The first kappa shape index (κ1) is 14.3. The molecule has 1 aromatic heterocycles. The highest BCUT2D eigenvalue weighted by atomic mass is 32.1. The van der Waals surface area contributed by atoms with Crippen molar-refractivity contribution >= 4 is 23.5 Å². The topological polar surface area (TPSA) is 50.7 Å². The molecule has 0 saturated carbocycles. The number of ether oxygens (including phenoxy) is 1. The summed E-state index contributed by atoms with van der Waals surface area (Å²) in [5.41, 5.74) is 4.62. The number of nitrogens with zero attached hydrogens (tertiary/aromatic N) is 1. The predicted octanol–water partition coefficient (Wildman–Crippen LogP) is 2.89. The lowest BCUT2D eigenvalue weighted by Crippen LogP contribution is -2.24. The fraction of sp³-hybridized carbons (Fsp3) is 0.200. The highest BCUT2D eigenvalue weighted by Gasteiger charge is 2.05. The number of thiophene rings is 1. The maximum absolute atomic E-state index is 11.6. The Bertz CT molecular complexity index is 606. The number of benzene rings is 1. The van der Waals surface area contributed by atoms with E-state index in [4.69, 9.17) is 4.74 Å². The van der Waals surface area contributed by atoms with Crippen molar-refractivity contribution in [3.8, 4) is 5.75 Å². The molecule has 0 spiro atoms. The highest BCUT2D eigenvalue weighted by molar-refractivity contribution is 7.11. The molecule has 2 aromatic rings. The Morgan fingerprint density at radius 2 is 2.20 bits per heavy atom. The van der Waals surface area contributed by atoms with Crippen molar-refractivity contribution in [3.63, 3.8) is 0 Å². The second-order valence-corrected chi connectivity index (χ2v) is 5.27. The molecule has 0 radical (unpaired) electrons. The minimum atomic E-state index is -0.279. The molecule has 104 valence electrons. The van der Waals surface area contributed by atoms with Crippen molar-refractivity contribution in [2.75, 3.05) is 6.61 Å². The summed E-state index contributed by atoms with van der Waals surface area (Å²) in [6, 6.07) is 9.62. The lowest BCUT2D eigenvalue weighted by atomic mass is 10.1. The Morgan fingerprint density at radius 1 is 1.35 bits per heavy atom. The van der Waals surface area contributed by atoms with Crippen LogP contribution in [0.25, 0.3) is 0 Å². The zero-order chi connectivity index (χ0) is 14.4. The van der Waals surface area contributed by atoms with Crippen LogP contribution < -0.4 is 10.2 Å². The van der Waals surface area contributed by atoms with Crippen LogP contribution in [0.15, 0.2) is 40.8 Å². The van der Waals surface area contributed by atoms with Gasteiger partial charge in [0.15, 0.2) is 6.61 Å². The van der Waals surface area contributed by atoms with E-state index in [-0.39, 0.29) is 12.5 Å². The maximum atomic E-state index is 11.6. The summed E-state index contributed by atoms with van der Waals surface area (Å²) < 4.78 is 5.48. The Labute approximate surface area is 122 Å². The van der Waals surface area contributed by atoms with E-state index in [2.05, 4.69) is 10.5 Å². The number of hydrogen-bond donors (Lipinski definition) is 1. The normalized spacial score (nSPS) is 10.7. The third-order valence-electron chi connectivity index (χ3n) is 2.84. The van der Waals surface area contributed by atoms with Crippen LogP contribution >= 0.6 is 11.3 Å². The summed E-state index contributed by atoms with van der Waals surface area (Å²) in [6.07, 6.45) is 1.61. The Balaban J connectivity index is 1.82. The van der Waals surface area contributed by atoms with Crippen LogP contribution in [0.1, 0.15) is 16.0 Å². The molecule has 0 bridgehead atoms. The molecule has 0 atom stereocenters. The zero-order valence-electron chi connectivity index (χ0n) is 11.4. The Hall–Kier alpha value is -2.14. The molecule has 1 amide bonds. The Morgan fingerprint density at radius 3 is 2.95 bits per heavy atom. The van der Waals surface area contributed by atoms with E-state index in [1.165, 1.54) is 0 Å². The van der Waals surface area contributed by atoms with E-state index in [1.54, 1.807) is 17.6 Å². The smallest absolute Gasteiger partial charge is 0.277 e. The minimum Gasteiger partial charge on any atom is -0.483 e. The first-order valence-electron chi connectivity index (χ1n) is 6.21. The predicted molar refractivity (Wildman–Crippen MR) is 81.5 cm³/mol. The summed E-state index contributed by atoms with van der Waals surface area (Å²) >= 11 is 1.56. The third-order valence-corrected chi connectivity index (χ3v) is 3.64. The van der Waals surface area contributed by atoms with Gasteiger partial charge in [-0.3, -0.25) is 4.79 Å². The van der Waals surface area contributed by atoms with Gasteiger partial charge in [0.05, 0.1) is 6.21 Å². The number of hydrazone groups is 1. The molecule has 4 nitrogen and oxygen atoms in total. The molecule has 2 rings (SSSR count). The average Bonchev–Trinajstić information content (AvgIpc) is 2.94. The van der Waals surface area contributed by atoms with Crippen molar-refractivity contribution in [3.05, 3.63) is 51.7 Å². The van der Waals surface area contributed by atoms with E-state index in [0.29, 0.717) is 0 Å². The molecule has 0 saturated heterocycles. The summed E-state index contributed by atoms with van der Waals surface area (Å²) in [4.78, 5) is 12.6. The van der Waals surface area contributed by atoms with Gasteiger partial charge < -0.3 is 4.74 Å². The van der Waals surface area contributed by atoms with Gasteiger partial charge in [-0.15, -0.1) is 11.3 Å². The lowest BCUT2D eigenvalue weighted by Gasteiger charge is -2.09. The van der Waals surface area contributed by atoms with Gasteiger partial charge in [0.1, 0.15) is 5.75 Å². The van der Waals surface area contributed by atoms with Gasteiger partial charge in [-0.2, -0.15) is 5.10 Å². The van der Waals surface area contributed by atoms with Crippen LogP contribution in [0.2, 0.25) is 0 Å². The molecule has 1 heterocycles. The van der Waals surface area contributed by atoms with E-state index >= 15 is 0 Å². The molecule has 20 heavy (non-hydrogen) atoms.